The fourth-order valence-corrected chi connectivity index (χ4v) is 4.66. The molecular formula is C7H12O2S. The number of hydrogen-bond donors (Lipinski definition) is 0. The lowest BCUT2D eigenvalue weighted by atomic mass is 9.90. The van der Waals surface area contributed by atoms with Crippen molar-refractivity contribution in [1.82, 2.24) is 0 Å². The molecule has 58 valence electrons. The Kier molecular flexibility index (Phi) is 1.17. The Morgan fingerprint density at radius 3 is 1.90 bits per heavy atom. The van der Waals surface area contributed by atoms with Gasteiger partial charge in [-0.3, -0.25) is 0 Å². The fraction of sp³-hybridized carbons (Fsp3) is 1.00. The van der Waals surface area contributed by atoms with E-state index in [9.17, 15) is 8.42 Å². The minimum Gasteiger partial charge on any atom is -0.229 e. The molecule has 0 atom stereocenters. The fourth-order valence-electron chi connectivity index (χ4n) is 2.30. The standard InChI is InChI=1S/C7H12O2S/c8-10(9)5-7(6-10)3-1-2-4-7/h1-6H2. The second-order valence-electron chi connectivity index (χ2n) is 3.74. The first-order valence-corrected chi connectivity index (χ1v) is 5.65. The van der Waals surface area contributed by atoms with Gasteiger partial charge in [-0.2, -0.15) is 0 Å². The summed E-state index contributed by atoms with van der Waals surface area (Å²) in [7, 11) is -2.57. The van der Waals surface area contributed by atoms with Crippen molar-refractivity contribution in [2.45, 2.75) is 25.7 Å². The molecule has 10 heavy (non-hydrogen) atoms. The van der Waals surface area contributed by atoms with E-state index in [1.807, 2.05) is 0 Å². The largest absolute Gasteiger partial charge is 0.229 e. The van der Waals surface area contributed by atoms with E-state index in [-0.39, 0.29) is 5.41 Å². The van der Waals surface area contributed by atoms with Gasteiger partial charge in [-0.05, 0) is 18.3 Å². The molecule has 1 spiro atoms. The van der Waals surface area contributed by atoms with Crippen LogP contribution in [0.1, 0.15) is 25.7 Å². The summed E-state index contributed by atoms with van der Waals surface area (Å²) in [6, 6.07) is 0. The maximum Gasteiger partial charge on any atom is 0.151 e. The highest BCUT2D eigenvalue weighted by Crippen LogP contribution is 2.46. The van der Waals surface area contributed by atoms with Gasteiger partial charge in [-0.25, -0.2) is 8.42 Å². The SMILES string of the molecule is O=S1(=O)CC2(CCCC2)C1. The van der Waals surface area contributed by atoms with Crippen LogP contribution in [0, 0.1) is 5.41 Å². The zero-order valence-corrected chi connectivity index (χ0v) is 6.78. The Balaban J connectivity index is 2.12. The third-order valence-electron chi connectivity index (χ3n) is 2.72. The van der Waals surface area contributed by atoms with Gasteiger partial charge in [0.1, 0.15) is 0 Å². The van der Waals surface area contributed by atoms with Gasteiger partial charge >= 0.3 is 0 Å². The molecule has 0 aromatic heterocycles. The van der Waals surface area contributed by atoms with Crippen molar-refractivity contribution in [3.05, 3.63) is 0 Å². The van der Waals surface area contributed by atoms with Gasteiger partial charge in [0.2, 0.25) is 0 Å². The minimum atomic E-state index is -2.57. The van der Waals surface area contributed by atoms with Gasteiger partial charge in [-0.15, -0.1) is 0 Å². The van der Waals surface area contributed by atoms with E-state index in [0.29, 0.717) is 11.5 Å². The monoisotopic (exact) mass is 160 g/mol. The molecule has 1 aliphatic heterocycles. The van der Waals surface area contributed by atoms with Gasteiger partial charge in [0.05, 0.1) is 11.5 Å². The number of rotatable bonds is 0. The Hall–Kier alpha value is -0.0500. The molecule has 0 unspecified atom stereocenters. The summed E-state index contributed by atoms with van der Waals surface area (Å²) in [5.41, 5.74) is 0.263. The summed E-state index contributed by atoms with van der Waals surface area (Å²) in [6.45, 7) is 0. The Bertz CT molecular complexity index is 220. The van der Waals surface area contributed by atoms with Crippen molar-refractivity contribution in [2.24, 2.45) is 5.41 Å². The molecule has 2 aliphatic rings. The highest BCUT2D eigenvalue weighted by Gasteiger charge is 2.49. The molecular weight excluding hydrogens is 148 g/mol. The van der Waals surface area contributed by atoms with E-state index in [2.05, 4.69) is 0 Å². The van der Waals surface area contributed by atoms with Crippen molar-refractivity contribution in [2.75, 3.05) is 11.5 Å². The van der Waals surface area contributed by atoms with Crippen molar-refractivity contribution in [3.63, 3.8) is 0 Å². The van der Waals surface area contributed by atoms with Crippen molar-refractivity contribution < 1.29 is 8.42 Å². The Morgan fingerprint density at radius 2 is 1.50 bits per heavy atom. The summed E-state index contributed by atoms with van der Waals surface area (Å²) in [5.74, 6) is 0.972. The summed E-state index contributed by atoms with van der Waals surface area (Å²) < 4.78 is 21.7. The van der Waals surface area contributed by atoms with E-state index in [1.54, 1.807) is 0 Å². The maximum atomic E-state index is 10.8. The molecule has 1 aliphatic carbocycles. The van der Waals surface area contributed by atoms with Crippen LogP contribution in [-0.2, 0) is 9.84 Å². The minimum absolute atomic E-state index is 0.263. The van der Waals surface area contributed by atoms with Gasteiger partial charge in [0, 0.05) is 0 Å². The van der Waals surface area contributed by atoms with Crippen LogP contribution in [-0.4, -0.2) is 19.9 Å². The predicted octanol–water partition coefficient (Wildman–Crippen LogP) is 0.975. The van der Waals surface area contributed by atoms with E-state index < -0.39 is 9.84 Å². The predicted molar refractivity (Wildman–Crippen MR) is 39.6 cm³/mol. The lowest BCUT2D eigenvalue weighted by Gasteiger charge is -2.37. The smallest absolute Gasteiger partial charge is 0.151 e. The Morgan fingerprint density at radius 1 is 1.00 bits per heavy atom. The molecule has 0 amide bonds. The first-order valence-electron chi connectivity index (χ1n) is 3.82. The quantitative estimate of drug-likeness (QED) is 0.529. The second-order valence-corrected chi connectivity index (χ2v) is 5.80. The zero-order valence-electron chi connectivity index (χ0n) is 5.97. The van der Waals surface area contributed by atoms with Crippen LogP contribution >= 0.6 is 0 Å². The van der Waals surface area contributed by atoms with Gasteiger partial charge in [-0.1, -0.05) is 12.8 Å². The third kappa shape index (κ3) is 0.875. The van der Waals surface area contributed by atoms with E-state index >= 15 is 0 Å². The molecule has 0 aromatic carbocycles. The van der Waals surface area contributed by atoms with E-state index in [4.69, 9.17) is 0 Å². The van der Waals surface area contributed by atoms with Crippen LogP contribution in [0.4, 0.5) is 0 Å². The number of sulfone groups is 1. The molecule has 2 rings (SSSR count). The van der Waals surface area contributed by atoms with Gasteiger partial charge < -0.3 is 0 Å². The van der Waals surface area contributed by atoms with E-state index in [0.717, 1.165) is 12.8 Å². The topological polar surface area (TPSA) is 34.1 Å². The number of hydrogen-bond acceptors (Lipinski definition) is 2. The second kappa shape index (κ2) is 1.76. The lowest BCUT2D eigenvalue weighted by molar-refractivity contribution is 0.344. The molecule has 3 heteroatoms. The third-order valence-corrected chi connectivity index (χ3v) is 4.82. The first kappa shape index (κ1) is 6.65. The van der Waals surface area contributed by atoms with Crippen molar-refractivity contribution in [1.29, 1.82) is 0 Å². The average molecular weight is 160 g/mol. The van der Waals surface area contributed by atoms with Gasteiger partial charge in [0.15, 0.2) is 9.84 Å². The molecule has 1 heterocycles. The molecule has 1 saturated heterocycles. The highest BCUT2D eigenvalue weighted by molar-refractivity contribution is 7.92. The van der Waals surface area contributed by atoms with Gasteiger partial charge in [0.25, 0.3) is 0 Å². The van der Waals surface area contributed by atoms with Crippen LogP contribution in [0.2, 0.25) is 0 Å². The van der Waals surface area contributed by atoms with E-state index in [1.165, 1.54) is 12.8 Å². The normalized spacial score (nSPS) is 34.0. The Labute approximate surface area is 61.5 Å². The first-order chi connectivity index (χ1) is 4.62. The molecule has 2 nitrogen and oxygen atoms in total. The molecule has 0 bridgehead atoms. The molecule has 0 radical (unpaired) electrons. The van der Waals surface area contributed by atoms with Crippen LogP contribution in [0.3, 0.4) is 0 Å². The van der Waals surface area contributed by atoms with Crippen molar-refractivity contribution in [3.8, 4) is 0 Å². The van der Waals surface area contributed by atoms with Crippen LogP contribution in [0.25, 0.3) is 0 Å². The maximum absolute atomic E-state index is 10.8. The average Bonchev–Trinajstić information content (AvgIpc) is 2.10. The highest BCUT2D eigenvalue weighted by atomic mass is 32.2. The molecule has 0 N–H and O–H groups in total. The van der Waals surface area contributed by atoms with Crippen molar-refractivity contribution >= 4 is 9.84 Å². The molecule has 1 saturated carbocycles. The summed E-state index contributed by atoms with van der Waals surface area (Å²) >= 11 is 0. The summed E-state index contributed by atoms with van der Waals surface area (Å²) in [4.78, 5) is 0. The lowest BCUT2D eigenvalue weighted by Crippen LogP contribution is -2.46. The van der Waals surface area contributed by atoms with Crippen LogP contribution in [0.5, 0.6) is 0 Å². The van der Waals surface area contributed by atoms with Crippen LogP contribution < -0.4 is 0 Å². The zero-order chi connectivity index (χ0) is 7.24. The molecule has 0 aromatic rings. The molecule has 2 fully saturated rings. The van der Waals surface area contributed by atoms with Crippen LogP contribution in [0.15, 0.2) is 0 Å². The summed E-state index contributed by atoms with van der Waals surface area (Å²) in [6.07, 6.45) is 4.81. The summed E-state index contributed by atoms with van der Waals surface area (Å²) in [5, 5.41) is 0.